The third kappa shape index (κ3) is 5.36. The van der Waals surface area contributed by atoms with E-state index in [1.807, 2.05) is 12.1 Å². The number of hydrogen-bond donors (Lipinski definition) is 1. The lowest BCUT2D eigenvalue weighted by Gasteiger charge is -2.27. The third-order valence-electron chi connectivity index (χ3n) is 4.81. The number of anilines is 1. The van der Waals surface area contributed by atoms with Crippen molar-refractivity contribution in [3.63, 3.8) is 0 Å². The van der Waals surface area contributed by atoms with Crippen LogP contribution in [-0.4, -0.2) is 48.8 Å². The Morgan fingerprint density at radius 1 is 1.07 bits per heavy atom. The van der Waals surface area contributed by atoms with Crippen LogP contribution in [0.4, 0.5) is 5.69 Å². The maximum Gasteiger partial charge on any atom is 0.256 e. The van der Waals surface area contributed by atoms with Gasteiger partial charge in [-0.2, -0.15) is 0 Å². The van der Waals surface area contributed by atoms with E-state index in [1.165, 1.54) is 16.0 Å². The lowest BCUT2D eigenvalue weighted by atomic mass is 10.1. The van der Waals surface area contributed by atoms with Gasteiger partial charge in [-0.1, -0.05) is 18.2 Å². The number of benzene rings is 2. The topological polar surface area (TPSA) is 58.6 Å². The Morgan fingerprint density at radius 3 is 2.57 bits per heavy atom. The van der Waals surface area contributed by atoms with Crippen molar-refractivity contribution in [2.45, 2.75) is 25.2 Å². The Hall–Kier alpha value is -2.31. The number of thioether (sulfide) groups is 1. The second-order valence-electron chi connectivity index (χ2n) is 6.84. The Bertz CT molecular complexity index is 847. The smallest absolute Gasteiger partial charge is 0.256 e. The molecule has 0 saturated carbocycles. The van der Waals surface area contributed by atoms with Crippen LogP contribution in [0.1, 0.15) is 27.9 Å². The second kappa shape index (κ2) is 9.75. The first kappa shape index (κ1) is 20.4. The van der Waals surface area contributed by atoms with Gasteiger partial charge in [0.25, 0.3) is 5.91 Å². The number of ether oxygens (including phenoxy) is 1. The van der Waals surface area contributed by atoms with Gasteiger partial charge in [-0.15, -0.1) is 11.8 Å². The predicted molar refractivity (Wildman–Crippen MR) is 113 cm³/mol. The van der Waals surface area contributed by atoms with Crippen molar-refractivity contribution >= 4 is 29.3 Å². The van der Waals surface area contributed by atoms with E-state index < -0.39 is 0 Å². The summed E-state index contributed by atoms with van der Waals surface area (Å²) in [5, 5.41) is 2.91. The zero-order valence-corrected chi connectivity index (χ0v) is 17.2. The molecule has 1 saturated heterocycles. The van der Waals surface area contributed by atoms with Crippen LogP contribution in [0.25, 0.3) is 0 Å². The molecule has 6 heteroatoms. The van der Waals surface area contributed by atoms with Crippen molar-refractivity contribution in [1.29, 1.82) is 0 Å². The van der Waals surface area contributed by atoms with Gasteiger partial charge in [0.2, 0.25) is 5.91 Å². The minimum Gasteiger partial charge on any atom is -0.378 e. The fraction of sp³-hybridized carbons (Fsp3) is 0.364. The number of carbonyl (C=O) groups is 2. The van der Waals surface area contributed by atoms with Crippen LogP contribution in [0, 0.1) is 13.8 Å². The quantitative estimate of drug-likeness (QED) is 0.750. The van der Waals surface area contributed by atoms with Crippen LogP contribution in [0.3, 0.4) is 0 Å². The molecule has 3 rings (SSSR count). The van der Waals surface area contributed by atoms with Gasteiger partial charge in [-0.05, 0) is 49.2 Å². The van der Waals surface area contributed by atoms with Gasteiger partial charge in [0, 0.05) is 30.2 Å². The number of morpholine rings is 1. The molecule has 1 fully saturated rings. The molecule has 0 radical (unpaired) electrons. The third-order valence-corrected chi connectivity index (χ3v) is 5.80. The number of amides is 2. The van der Waals surface area contributed by atoms with Crippen LogP contribution < -0.4 is 5.32 Å². The Morgan fingerprint density at radius 2 is 1.82 bits per heavy atom. The highest BCUT2D eigenvalue weighted by Crippen LogP contribution is 2.23. The predicted octanol–water partition coefficient (Wildman–Crippen LogP) is 3.90. The van der Waals surface area contributed by atoms with E-state index >= 15 is 0 Å². The molecule has 0 unspecified atom stereocenters. The van der Waals surface area contributed by atoms with Crippen molar-refractivity contribution < 1.29 is 14.3 Å². The maximum absolute atomic E-state index is 12.8. The molecule has 0 aromatic heterocycles. The summed E-state index contributed by atoms with van der Waals surface area (Å²) in [6.07, 6.45) is 0.387. The molecule has 2 amide bonds. The zero-order chi connectivity index (χ0) is 19.9. The standard InChI is InChI=1S/C22H26N2O3S/c1-16-7-8-18(15-17(16)2)28-14-9-21(25)23-20-6-4-3-5-19(20)22(26)24-10-12-27-13-11-24/h3-8,15H,9-14H2,1-2H3,(H,23,25). The molecule has 1 heterocycles. The average Bonchev–Trinajstić information content (AvgIpc) is 2.71. The molecular weight excluding hydrogens is 372 g/mol. The highest BCUT2D eigenvalue weighted by Gasteiger charge is 2.21. The van der Waals surface area contributed by atoms with Crippen molar-refractivity contribution in [1.82, 2.24) is 4.90 Å². The number of carbonyl (C=O) groups excluding carboxylic acids is 2. The summed E-state index contributed by atoms with van der Waals surface area (Å²) in [5.41, 5.74) is 3.62. The number of nitrogens with one attached hydrogen (secondary N) is 1. The summed E-state index contributed by atoms with van der Waals surface area (Å²) in [5.74, 6) is 0.538. The number of hydrogen-bond acceptors (Lipinski definition) is 4. The normalized spacial score (nSPS) is 14.0. The molecular formula is C22H26N2O3S. The number of nitrogens with zero attached hydrogens (tertiary/aromatic N) is 1. The van der Waals surface area contributed by atoms with Crippen LogP contribution in [0.2, 0.25) is 0 Å². The summed E-state index contributed by atoms with van der Waals surface area (Å²) in [6.45, 7) is 6.44. The molecule has 2 aromatic carbocycles. The minimum atomic E-state index is -0.0847. The molecule has 28 heavy (non-hydrogen) atoms. The van der Waals surface area contributed by atoms with Gasteiger partial charge in [0.1, 0.15) is 0 Å². The highest BCUT2D eigenvalue weighted by atomic mass is 32.2. The van der Waals surface area contributed by atoms with Gasteiger partial charge in [-0.25, -0.2) is 0 Å². The molecule has 5 nitrogen and oxygen atoms in total. The first-order chi connectivity index (χ1) is 13.5. The van der Waals surface area contributed by atoms with Crippen molar-refractivity contribution in [3.05, 3.63) is 59.2 Å². The number of aryl methyl sites for hydroxylation is 2. The van der Waals surface area contributed by atoms with Crippen LogP contribution in [0.15, 0.2) is 47.4 Å². The largest absolute Gasteiger partial charge is 0.378 e. The first-order valence-corrected chi connectivity index (χ1v) is 10.5. The van der Waals surface area contributed by atoms with Crippen molar-refractivity contribution in [2.24, 2.45) is 0 Å². The van der Waals surface area contributed by atoms with Crippen molar-refractivity contribution in [3.8, 4) is 0 Å². The summed E-state index contributed by atoms with van der Waals surface area (Å²) >= 11 is 1.67. The Kier molecular flexibility index (Phi) is 7.12. The lowest BCUT2D eigenvalue weighted by Crippen LogP contribution is -2.41. The molecule has 1 N–H and O–H groups in total. The minimum absolute atomic E-state index is 0.0660. The molecule has 148 valence electrons. The molecule has 1 aliphatic rings. The van der Waals surface area contributed by atoms with Gasteiger partial charge < -0.3 is 15.0 Å². The van der Waals surface area contributed by atoms with Gasteiger partial charge >= 0.3 is 0 Å². The molecule has 1 aliphatic heterocycles. The summed E-state index contributed by atoms with van der Waals surface area (Å²) in [4.78, 5) is 28.1. The average molecular weight is 399 g/mol. The van der Waals surface area contributed by atoms with E-state index in [2.05, 4.69) is 37.4 Å². The van der Waals surface area contributed by atoms with E-state index in [-0.39, 0.29) is 11.8 Å². The molecule has 0 spiro atoms. The van der Waals surface area contributed by atoms with Gasteiger partial charge in [0.05, 0.1) is 24.5 Å². The maximum atomic E-state index is 12.8. The molecule has 0 aliphatic carbocycles. The van der Waals surface area contributed by atoms with Crippen LogP contribution in [-0.2, 0) is 9.53 Å². The van der Waals surface area contributed by atoms with E-state index in [9.17, 15) is 9.59 Å². The van der Waals surface area contributed by atoms with E-state index in [0.717, 1.165) is 0 Å². The molecule has 0 atom stereocenters. The number of rotatable bonds is 6. The second-order valence-corrected chi connectivity index (χ2v) is 8.01. The van der Waals surface area contributed by atoms with Gasteiger partial charge in [0.15, 0.2) is 0 Å². The fourth-order valence-corrected chi connectivity index (χ4v) is 3.94. The SMILES string of the molecule is Cc1ccc(SCCC(=O)Nc2ccccc2C(=O)N2CCOCC2)cc1C. The van der Waals surface area contributed by atoms with E-state index in [0.29, 0.717) is 49.7 Å². The lowest BCUT2D eigenvalue weighted by molar-refractivity contribution is -0.115. The highest BCUT2D eigenvalue weighted by molar-refractivity contribution is 7.99. The fourth-order valence-electron chi connectivity index (χ4n) is 2.99. The molecule has 2 aromatic rings. The van der Waals surface area contributed by atoms with E-state index in [1.54, 1.807) is 28.8 Å². The molecule has 0 bridgehead atoms. The number of para-hydroxylation sites is 1. The monoisotopic (exact) mass is 398 g/mol. The van der Waals surface area contributed by atoms with E-state index in [4.69, 9.17) is 4.74 Å². The van der Waals surface area contributed by atoms with Crippen LogP contribution >= 0.6 is 11.8 Å². The first-order valence-electron chi connectivity index (χ1n) is 9.50. The van der Waals surface area contributed by atoms with Gasteiger partial charge in [-0.3, -0.25) is 9.59 Å². The zero-order valence-electron chi connectivity index (χ0n) is 16.4. The van der Waals surface area contributed by atoms with Crippen LogP contribution in [0.5, 0.6) is 0 Å². The van der Waals surface area contributed by atoms with Crippen molar-refractivity contribution in [2.75, 3.05) is 37.4 Å². The Balaban J connectivity index is 1.56. The summed E-state index contributed by atoms with van der Waals surface area (Å²) in [7, 11) is 0. The summed E-state index contributed by atoms with van der Waals surface area (Å²) in [6, 6.07) is 13.5. The summed E-state index contributed by atoms with van der Waals surface area (Å²) < 4.78 is 5.31. The Labute approximate surface area is 170 Å².